The van der Waals surface area contributed by atoms with Gasteiger partial charge >= 0.3 is 5.97 Å². The average Bonchev–Trinajstić information content (AvgIpc) is 2.95. The number of aryl methyl sites for hydroxylation is 1. The lowest BCUT2D eigenvalue weighted by atomic mass is 9.84. The number of hydrogen-bond acceptors (Lipinski definition) is 5. The highest BCUT2D eigenvalue weighted by atomic mass is 32.2. The van der Waals surface area contributed by atoms with Gasteiger partial charge in [-0.2, -0.15) is 11.8 Å². The maximum Gasteiger partial charge on any atom is 0.328 e. The molecular weight excluding hydrogens is 520 g/mol. The summed E-state index contributed by atoms with van der Waals surface area (Å²) in [6.07, 6.45) is 12.3. The molecule has 3 rings (SSSR count). The quantitative estimate of drug-likeness (QED) is 0.256. The van der Waals surface area contributed by atoms with E-state index in [0.717, 1.165) is 47.3 Å². The van der Waals surface area contributed by atoms with Crippen LogP contribution in [0.4, 0.5) is 0 Å². The normalized spacial score (nSPS) is 15.2. The molecule has 0 heterocycles. The minimum absolute atomic E-state index is 0.0185. The van der Waals surface area contributed by atoms with Gasteiger partial charge < -0.3 is 15.4 Å². The minimum atomic E-state index is -0.722. The molecular formula is C33H46N2O4S. The summed E-state index contributed by atoms with van der Waals surface area (Å²) in [6.45, 7) is 4.18. The van der Waals surface area contributed by atoms with Crippen LogP contribution in [0.3, 0.4) is 0 Å². The van der Waals surface area contributed by atoms with Crippen molar-refractivity contribution in [3.8, 4) is 11.1 Å². The van der Waals surface area contributed by atoms with Crippen molar-refractivity contribution in [2.45, 2.75) is 90.1 Å². The van der Waals surface area contributed by atoms with E-state index >= 15 is 0 Å². The molecule has 2 unspecified atom stereocenters. The van der Waals surface area contributed by atoms with Crippen molar-refractivity contribution in [3.05, 3.63) is 59.2 Å². The van der Waals surface area contributed by atoms with E-state index < -0.39 is 12.0 Å². The lowest BCUT2D eigenvalue weighted by Gasteiger charge is -2.27. The fourth-order valence-corrected chi connectivity index (χ4v) is 6.22. The third-order valence-electron chi connectivity index (χ3n) is 7.88. The van der Waals surface area contributed by atoms with Crippen LogP contribution >= 0.6 is 11.8 Å². The topological polar surface area (TPSA) is 84.5 Å². The standard InChI is InChI=1S/C33H46N2O4S/c1-5-11-26(20-24-13-7-6-8-14-24)34-31(36)22-25-16-17-28(29(21-25)27-15-10-9-12-23(27)2)32(37)35-30(18-19-40-4)33(38)39-3/h9-10,12,15-17,21,24,26,30H,5-8,11,13-14,18-20,22H2,1-4H3,(H,34,36)(H,35,37). The summed E-state index contributed by atoms with van der Waals surface area (Å²) in [5, 5.41) is 6.20. The van der Waals surface area contributed by atoms with Crippen molar-refractivity contribution in [2.24, 2.45) is 5.92 Å². The minimum Gasteiger partial charge on any atom is -0.467 e. The lowest BCUT2D eigenvalue weighted by molar-refractivity contribution is -0.142. The Bertz CT molecular complexity index is 1130. The fraction of sp³-hybridized carbons (Fsp3) is 0.545. The Balaban J connectivity index is 1.82. The van der Waals surface area contributed by atoms with Crippen LogP contribution in [0, 0.1) is 12.8 Å². The Morgan fingerprint density at radius 2 is 1.75 bits per heavy atom. The van der Waals surface area contributed by atoms with Crippen molar-refractivity contribution >= 4 is 29.5 Å². The molecule has 6 nitrogen and oxygen atoms in total. The van der Waals surface area contributed by atoms with E-state index in [1.54, 1.807) is 17.8 Å². The van der Waals surface area contributed by atoms with Gasteiger partial charge in [-0.25, -0.2) is 4.79 Å². The van der Waals surface area contributed by atoms with Gasteiger partial charge in [0.15, 0.2) is 0 Å². The highest BCUT2D eigenvalue weighted by Gasteiger charge is 2.25. The summed E-state index contributed by atoms with van der Waals surface area (Å²) in [5.74, 6) is 0.661. The zero-order valence-electron chi connectivity index (χ0n) is 24.6. The number of thioether (sulfide) groups is 1. The Hall–Kier alpha value is -2.80. The number of hydrogen-bond donors (Lipinski definition) is 2. The molecule has 1 fully saturated rings. The molecule has 2 amide bonds. The van der Waals surface area contributed by atoms with Crippen LogP contribution in [0.25, 0.3) is 11.1 Å². The molecule has 0 bridgehead atoms. The Labute approximate surface area is 244 Å². The van der Waals surface area contributed by atoms with Gasteiger partial charge in [-0.05, 0) is 78.5 Å². The average molecular weight is 567 g/mol. The molecule has 0 spiro atoms. The molecule has 2 aromatic rings. The van der Waals surface area contributed by atoms with Crippen LogP contribution in [0.1, 0.15) is 86.2 Å². The number of methoxy groups -OCH3 is 1. The molecule has 0 radical (unpaired) electrons. The van der Waals surface area contributed by atoms with Gasteiger partial charge in [0.2, 0.25) is 5.91 Å². The number of esters is 1. The maximum absolute atomic E-state index is 13.5. The molecule has 1 aliphatic rings. The summed E-state index contributed by atoms with van der Waals surface area (Å²) in [6, 6.07) is 13.0. The predicted octanol–water partition coefficient (Wildman–Crippen LogP) is 6.48. The van der Waals surface area contributed by atoms with Crippen LogP contribution in [0.5, 0.6) is 0 Å². The van der Waals surface area contributed by atoms with Crippen molar-refractivity contribution in [3.63, 3.8) is 0 Å². The first kappa shape index (κ1) is 31.7. The molecule has 2 atom stereocenters. The van der Waals surface area contributed by atoms with Crippen molar-refractivity contribution < 1.29 is 19.1 Å². The highest BCUT2D eigenvalue weighted by molar-refractivity contribution is 7.98. The molecule has 2 N–H and O–H groups in total. The van der Waals surface area contributed by atoms with Crippen LogP contribution in [0.15, 0.2) is 42.5 Å². The monoisotopic (exact) mass is 566 g/mol. The van der Waals surface area contributed by atoms with Gasteiger partial charge in [-0.1, -0.05) is 75.8 Å². The first-order valence-electron chi connectivity index (χ1n) is 14.7. The number of nitrogens with one attached hydrogen (secondary N) is 2. The van der Waals surface area contributed by atoms with E-state index in [4.69, 9.17) is 4.74 Å². The number of carbonyl (C=O) groups is 3. The van der Waals surface area contributed by atoms with Crippen LogP contribution < -0.4 is 10.6 Å². The highest BCUT2D eigenvalue weighted by Crippen LogP contribution is 2.30. The summed E-state index contributed by atoms with van der Waals surface area (Å²) < 4.78 is 4.93. The Morgan fingerprint density at radius 3 is 2.42 bits per heavy atom. The SMILES string of the molecule is CCCC(CC1CCCCC1)NC(=O)Cc1ccc(C(=O)NC(CCSC)C(=O)OC)c(-c2ccccc2C)c1. The second-order valence-electron chi connectivity index (χ2n) is 11.0. The third kappa shape index (κ3) is 9.39. The Morgan fingerprint density at radius 1 is 1.00 bits per heavy atom. The van der Waals surface area contributed by atoms with Crippen LogP contribution in [0.2, 0.25) is 0 Å². The summed E-state index contributed by atoms with van der Waals surface area (Å²) in [5.41, 5.74) is 4.03. The molecule has 1 saturated carbocycles. The molecule has 0 aromatic heterocycles. The van der Waals surface area contributed by atoms with E-state index in [-0.39, 0.29) is 24.3 Å². The predicted molar refractivity (Wildman–Crippen MR) is 165 cm³/mol. The molecule has 40 heavy (non-hydrogen) atoms. The third-order valence-corrected chi connectivity index (χ3v) is 8.52. The maximum atomic E-state index is 13.5. The fourth-order valence-electron chi connectivity index (χ4n) is 5.75. The van der Waals surface area contributed by atoms with E-state index in [1.807, 2.05) is 49.6 Å². The van der Waals surface area contributed by atoms with Gasteiger partial charge in [-0.3, -0.25) is 9.59 Å². The van der Waals surface area contributed by atoms with E-state index in [2.05, 4.69) is 17.6 Å². The number of rotatable bonds is 14. The zero-order chi connectivity index (χ0) is 28.9. The van der Waals surface area contributed by atoms with Gasteiger partial charge in [0, 0.05) is 11.6 Å². The van der Waals surface area contributed by atoms with Crippen LogP contribution in [-0.4, -0.2) is 49.0 Å². The van der Waals surface area contributed by atoms with Gasteiger partial charge in [-0.15, -0.1) is 0 Å². The van der Waals surface area contributed by atoms with Crippen molar-refractivity contribution in [1.82, 2.24) is 10.6 Å². The summed E-state index contributed by atoms with van der Waals surface area (Å²) >= 11 is 1.61. The van der Waals surface area contributed by atoms with Gasteiger partial charge in [0.1, 0.15) is 6.04 Å². The van der Waals surface area contributed by atoms with E-state index in [0.29, 0.717) is 17.9 Å². The van der Waals surface area contributed by atoms with Crippen LogP contribution in [-0.2, 0) is 20.7 Å². The van der Waals surface area contributed by atoms with Crippen molar-refractivity contribution in [1.29, 1.82) is 0 Å². The number of ether oxygens (including phenoxy) is 1. The first-order chi connectivity index (χ1) is 19.4. The first-order valence-corrected chi connectivity index (χ1v) is 16.1. The molecule has 218 valence electrons. The molecule has 1 aliphatic carbocycles. The number of amides is 2. The second-order valence-corrected chi connectivity index (χ2v) is 12.0. The Kier molecular flexibility index (Phi) is 13.1. The molecule has 0 saturated heterocycles. The zero-order valence-corrected chi connectivity index (χ0v) is 25.4. The van der Waals surface area contributed by atoms with Gasteiger partial charge in [0.25, 0.3) is 5.91 Å². The second kappa shape index (κ2) is 16.5. The summed E-state index contributed by atoms with van der Waals surface area (Å²) in [7, 11) is 1.33. The summed E-state index contributed by atoms with van der Waals surface area (Å²) in [4.78, 5) is 39.0. The van der Waals surface area contributed by atoms with E-state index in [1.165, 1.54) is 39.2 Å². The molecule has 7 heteroatoms. The lowest BCUT2D eigenvalue weighted by Crippen LogP contribution is -2.42. The largest absolute Gasteiger partial charge is 0.467 e. The number of carbonyl (C=O) groups excluding carboxylic acids is 3. The van der Waals surface area contributed by atoms with E-state index in [9.17, 15) is 14.4 Å². The molecule has 0 aliphatic heterocycles. The molecule has 2 aromatic carbocycles. The van der Waals surface area contributed by atoms with Gasteiger partial charge in [0.05, 0.1) is 13.5 Å². The number of benzene rings is 2. The van der Waals surface area contributed by atoms with Crippen molar-refractivity contribution in [2.75, 3.05) is 19.1 Å². The smallest absolute Gasteiger partial charge is 0.328 e.